The first-order chi connectivity index (χ1) is 11.3. The summed E-state index contributed by atoms with van der Waals surface area (Å²) in [5, 5.41) is 9.46. The van der Waals surface area contributed by atoms with E-state index in [1.54, 1.807) is 0 Å². The molecule has 112 valence electrons. The summed E-state index contributed by atoms with van der Waals surface area (Å²) in [5.74, 6) is 1.45. The molecule has 1 unspecified atom stereocenters. The van der Waals surface area contributed by atoms with Gasteiger partial charge in [0, 0.05) is 0 Å². The van der Waals surface area contributed by atoms with E-state index in [0.717, 1.165) is 22.6 Å². The Morgan fingerprint density at radius 2 is 1.43 bits per heavy atom. The van der Waals surface area contributed by atoms with E-state index in [0.29, 0.717) is 6.42 Å². The first kappa shape index (κ1) is 14.9. The highest BCUT2D eigenvalue weighted by molar-refractivity contribution is 5.36. The molecule has 0 radical (unpaired) electrons. The molecule has 0 saturated carbocycles. The van der Waals surface area contributed by atoms with E-state index in [4.69, 9.17) is 4.74 Å². The van der Waals surface area contributed by atoms with Crippen LogP contribution in [0.5, 0.6) is 11.5 Å². The van der Waals surface area contributed by atoms with Gasteiger partial charge >= 0.3 is 0 Å². The molecule has 0 spiro atoms. The molecule has 0 aliphatic carbocycles. The molecule has 2 nitrogen and oxygen atoms in total. The third kappa shape index (κ3) is 3.99. The summed E-state index contributed by atoms with van der Waals surface area (Å²) in [6.07, 6.45) is 0.673. The number of ether oxygens (including phenoxy) is 1. The van der Waals surface area contributed by atoms with Crippen LogP contribution in [0.3, 0.4) is 0 Å². The van der Waals surface area contributed by atoms with Gasteiger partial charge in [0.25, 0.3) is 0 Å². The van der Waals surface area contributed by atoms with Crippen molar-refractivity contribution in [3.8, 4) is 17.6 Å². The van der Waals surface area contributed by atoms with Crippen LogP contribution in [0.2, 0.25) is 0 Å². The average Bonchev–Trinajstić information content (AvgIpc) is 2.62. The molecule has 1 atom stereocenters. The summed E-state index contributed by atoms with van der Waals surface area (Å²) in [5.41, 5.74) is 2.14. The van der Waals surface area contributed by atoms with E-state index in [1.807, 2.05) is 84.9 Å². The van der Waals surface area contributed by atoms with Crippen molar-refractivity contribution in [1.29, 1.82) is 5.26 Å². The van der Waals surface area contributed by atoms with Gasteiger partial charge in [-0.15, -0.1) is 0 Å². The quantitative estimate of drug-likeness (QED) is 0.638. The Hall–Kier alpha value is -3.05. The number of rotatable bonds is 5. The molecule has 0 N–H and O–H groups in total. The van der Waals surface area contributed by atoms with Crippen molar-refractivity contribution in [2.24, 2.45) is 0 Å². The molecule has 0 fully saturated rings. The normalized spacial score (nSPS) is 11.4. The zero-order valence-corrected chi connectivity index (χ0v) is 12.7. The largest absolute Gasteiger partial charge is 0.457 e. The summed E-state index contributed by atoms with van der Waals surface area (Å²) in [6, 6.07) is 29.9. The zero-order valence-electron chi connectivity index (χ0n) is 12.7. The van der Waals surface area contributed by atoms with Gasteiger partial charge in [-0.25, -0.2) is 0 Å². The first-order valence-corrected chi connectivity index (χ1v) is 7.61. The first-order valence-electron chi connectivity index (χ1n) is 7.61. The summed E-state index contributed by atoms with van der Waals surface area (Å²) >= 11 is 0. The fourth-order valence-electron chi connectivity index (χ4n) is 2.52. The van der Waals surface area contributed by atoms with Crippen LogP contribution in [-0.4, -0.2) is 0 Å². The minimum atomic E-state index is -0.150. The Bertz CT molecular complexity index is 791. The standard InChI is InChI=1S/C21H17NO/c22-16-19(18-9-3-1-4-10-18)14-17-8-7-13-21(15-17)23-20-11-5-2-6-12-20/h1-13,15,19H,14H2. The molecule has 0 heterocycles. The Morgan fingerprint density at radius 3 is 2.13 bits per heavy atom. The highest BCUT2D eigenvalue weighted by Crippen LogP contribution is 2.25. The Morgan fingerprint density at radius 1 is 0.783 bits per heavy atom. The van der Waals surface area contributed by atoms with Gasteiger partial charge in [0.15, 0.2) is 0 Å². The minimum absolute atomic E-state index is 0.150. The van der Waals surface area contributed by atoms with Crippen LogP contribution in [0.25, 0.3) is 0 Å². The molecule has 3 aromatic carbocycles. The van der Waals surface area contributed by atoms with Crippen LogP contribution < -0.4 is 4.74 Å². The van der Waals surface area contributed by atoms with E-state index >= 15 is 0 Å². The molecule has 0 amide bonds. The average molecular weight is 299 g/mol. The van der Waals surface area contributed by atoms with Crippen molar-refractivity contribution in [3.05, 3.63) is 96.1 Å². The molecule has 0 aromatic heterocycles. The summed E-state index contributed by atoms with van der Waals surface area (Å²) < 4.78 is 5.86. The van der Waals surface area contributed by atoms with E-state index < -0.39 is 0 Å². The number of hydrogen-bond acceptors (Lipinski definition) is 2. The lowest BCUT2D eigenvalue weighted by atomic mass is 9.93. The second-order valence-corrected chi connectivity index (χ2v) is 5.36. The van der Waals surface area contributed by atoms with Gasteiger partial charge in [-0.2, -0.15) is 5.26 Å². The van der Waals surface area contributed by atoms with Gasteiger partial charge in [-0.05, 0) is 41.8 Å². The van der Waals surface area contributed by atoms with Crippen LogP contribution in [0.15, 0.2) is 84.9 Å². The van der Waals surface area contributed by atoms with Crippen molar-refractivity contribution in [3.63, 3.8) is 0 Å². The van der Waals surface area contributed by atoms with Gasteiger partial charge in [0.1, 0.15) is 11.5 Å². The highest BCUT2D eigenvalue weighted by Gasteiger charge is 2.11. The van der Waals surface area contributed by atoms with E-state index in [1.165, 1.54) is 0 Å². The summed E-state index contributed by atoms with van der Waals surface area (Å²) in [7, 11) is 0. The van der Waals surface area contributed by atoms with E-state index in [9.17, 15) is 5.26 Å². The van der Waals surface area contributed by atoms with Crippen molar-refractivity contribution in [1.82, 2.24) is 0 Å². The van der Waals surface area contributed by atoms with Gasteiger partial charge in [0.2, 0.25) is 0 Å². The van der Waals surface area contributed by atoms with Crippen molar-refractivity contribution in [2.45, 2.75) is 12.3 Å². The van der Waals surface area contributed by atoms with Crippen molar-refractivity contribution in [2.75, 3.05) is 0 Å². The molecular formula is C21H17NO. The van der Waals surface area contributed by atoms with Crippen LogP contribution >= 0.6 is 0 Å². The smallest absolute Gasteiger partial charge is 0.127 e. The van der Waals surface area contributed by atoms with Gasteiger partial charge in [-0.3, -0.25) is 0 Å². The number of hydrogen-bond donors (Lipinski definition) is 0. The van der Waals surface area contributed by atoms with Gasteiger partial charge < -0.3 is 4.74 Å². The van der Waals surface area contributed by atoms with E-state index in [2.05, 4.69) is 6.07 Å². The number of benzene rings is 3. The highest BCUT2D eigenvalue weighted by atomic mass is 16.5. The van der Waals surface area contributed by atoms with Crippen LogP contribution in [0, 0.1) is 11.3 Å². The predicted molar refractivity (Wildman–Crippen MR) is 91.5 cm³/mol. The predicted octanol–water partition coefficient (Wildman–Crippen LogP) is 5.33. The lowest BCUT2D eigenvalue weighted by molar-refractivity contribution is 0.482. The SMILES string of the molecule is N#CC(Cc1cccc(Oc2ccccc2)c1)c1ccccc1. The molecule has 2 heteroatoms. The maximum absolute atomic E-state index is 9.46. The third-order valence-corrected chi connectivity index (χ3v) is 3.67. The Kier molecular flexibility index (Phi) is 4.71. The molecule has 3 aromatic rings. The van der Waals surface area contributed by atoms with E-state index in [-0.39, 0.29) is 5.92 Å². The molecule has 0 bridgehead atoms. The molecular weight excluding hydrogens is 282 g/mol. The van der Waals surface area contributed by atoms with Gasteiger partial charge in [0.05, 0.1) is 12.0 Å². The maximum Gasteiger partial charge on any atom is 0.127 e. The summed E-state index contributed by atoms with van der Waals surface area (Å²) in [4.78, 5) is 0. The molecule has 0 saturated heterocycles. The maximum atomic E-state index is 9.46. The van der Waals surface area contributed by atoms with Crippen molar-refractivity contribution >= 4 is 0 Å². The van der Waals surface area contributed by atoms with Crippen LogP contribution in [0.1, 0.15) is 17.0 Å². The fraction of sp³-hybridized carbons (Fsp3) is 0.0952. The van der Waals surface area contributed by atoms with Gasteiger partial charge in [-0.1, -0.05) is 60.7 Å². The van der Waals surface area contributed by atoms with Crippen LogP contribution in [0.4, 0.5) is 0 Å². The lowest BCUT2D eigenvalue weighted by Crippen LogP contribution is -2.00. The fourth-order valence-corrected chi connectivity index (χ4v) is 2.52. The van der Waals surface area contributed by atoms with Crippen molar-refractivity contribution < 1.29 is 4.74 Å². The third-order valence-electron chi connectivity index (χ3n) is 3.67. The number of para-hydroxylation sites is 1. The Labute approximate surface area is 136 Å². The molecule has 3 rings (SSSR count). The second kappa shape index (κ2) is 7.29. The molecule has 23 heavy (non-hydrogen) atoms. The summed E-state index contributed by atoms with van der Waals surface area (Å²) in [6.45, 7) is 0. The number of nitrogens with zero attached hydrogens (tertiary/aromatic N) is 1. The Balaban J connectivity index is 1.76. The number of nitriles is 1. The second-order valence-electron chi connectivity index (χ2n) is 5.36. The monoisotopic (exact) mass is 299 g/mol. The lowest BCUT2D eigenvalue weighted by Gasteiger charge is -2.11. The minimum Gasteiger partial charge on any atom is -0.457 e. The van der Waals surface area contributed by atoms with Crippen LogP contribution in [-0.2, 0) is 6.42 Å². The molecule has 0 aliphatic heterocycles. The molecule has 0 aliphatic rings. The zero-order chi connectivity index (χ0) is 15.9. The topological polar surface area (TPSA) is 33.0 Å².